The van der Waals surface area contributed by atoms with E-state index in [4.69, 9.17) is 14.2 Å². The van der Waals surface area contributed by atoms with Gasteiger partial charge in [-0.05, 0) is 70.9 Å². The van der Waals surface area contributed by atoms with Crippen LogP contribution >= 0.6 is 0 Å². The molecule has 180 valence electrons. The molecule has 2 aliphatic heterocycles. The first kappa shape index (κ1) is 23.8. The second kappa shape index (κ2) is 8.76. The van der Waals surface area contributed by atoms with Crippen molar-refractivity contribution in [2.75, 3.05) is 23.0 Å². The molecule has 2 aromatic rings. The van der Waals surface area contributed by atoms with Crippen LogP contribution in [0.15, 0.2) is 42.6 Å². The Morgan fingerprint density at radius 1 is 0.971 bits per heavy atom. The number of aromatic nitrogens is 1. The van der Waals surface area contributed by atoms with Gasteiger partial charge in [0.25, 0.3) is 0 Å². The number of carbonyl (C=O) groups excluding carboxylic acids is 2. The van der Waals surface area contributed by atoms with Gasteiger partial charge in [-0.15, -0.1) is 0 Å². The number of ether oxygens (including phenoxy) is 3. The van der Waals surface area contributed by atoms with Crippen LogP contribution in [0, 0.1) is 0 Å². The third kappa shape index (κ3) is 5.07. The maximum Gasteiger partial charge on any atom is 0.420 e. The number of amides is 2. The van der Waals surface area contributed by atoms with E-state index in [1.807, 2.05) is 71.9 Å². The van der Waals surface area contributed by atoms with Crippen LogP contribution < -0.4 is 9.80 Å². The van der Waals surface area contributed by atoms with Gasteiger partial charge in [-0.3, -0.25) is 4.90 Å². The third-order valence-corrected chi connectivity index (χ3v) is 5.18. The van der Waals surface area contributed by atoms with Gasteiger partial charge < -0.3 is 14.2 Å². The molecule has 1 aromatic heterocycles. The van der Waals surface area contributed by atoms with Gasteiger partial charge in [-0.25, -0.2) is 19.5 Å². The standard InChI is InChI=1S/C26H31N3O5/c1-25(2,3)33-23(30)28-15-18-8-7-12-27-22(18)29(24(31)34-26(4,5)6)20-10-9-17(14-21(20)28)19-11-13-32-16-19/h7-12,14H,13,15-16H2,1-6H3. The Bertz CT molecular complexity index is 1140. The lowest BCUT2D eigenvalue weighted by atomic mass is 10.0. The van der Waals surface area contributed by atoms with Crippen LogP contribution in [-0.4, -0.2) is 41.6 Å². The summed E-state index contributed by atoms with van der Waals surface area (Å²) in [5.41, 5.74) is 2.24. The lowest BCUT2D eigenvalue weighted by molar-refractivity contribution is 0.0571. The summed E-state index contributed by atoms with van der Waals surface area (Å²) in [4.78, 5) is 34.3. The number of rotatable bonds is 1. The molecule has 0 saturated heterocycles. The number of benzene rings is 1. The molecule has 34 heavy (non-hydrogen) atoms. The van der Waals surface area contributed by atoms with E-state index in [0.29, 0.717) is 36.0 Å². The van der Waals surface area contributed by atoms with Crippen molar-refractivity contribution in [2.24, 2.45) is 0 Å². The quantitative estimate of drug-likeness (QED) is 0.528. The summed E-state index contributed by atoms with van der Waals surface area (Å²) in [5, 5.41) is 0. The summed E-state index contributed by atoms with van der Waals surface area (Å²) < 4.78 is 17.0. The summed E-state index contributed by atoms with van der Waals surface area (Å²) in [6.45, 7) is 12.1. The molecule has 0 radical (unpaired) electrons. The highest BCUT2D eigenvalue weighted by molar-refractivity contribution is 6.05. The maximum atomic E-state index is 13.4. The van der Waals surface area contributed by atoms with Crippen molar-refractivity contribution in [3.05, 3.63) is 53.7 Å². The summed E-state index contributed by atoms with van der Waals surface area (Å²) in [7, 11) is 0. The first-order valence-electron chi connectivity index (χ1n) is 11.3. The summed E-state index contributed by atoms with van der Waals surface area (Å²) in [5.74, 6) is 0.417. The molecule has 3 heterocycles. The lowest BCUT2D eigenvalue weighted by Gasteiger charge is -2.29. The summed E-state index contributed by atoms with van der Waals surface area (Å²) in [6.07, 6.45) is 2.55. The fraction of sp³-hybridized carbons (Fsp3) is 0.423. The Morgan fingerprint density at radius 2 is 1.68 bits per heavy atom. The Morgan fingerprint density at radius 3 is 2.32 bits per heavy atom. The number of fused-ring (bicyclic) bond motifs is 2. The molecule has 2 amide bonds. The molecule has 0 atom stereocenters. The zero-order valence-electron chi connectivity index (χ0n) is 20.5. The second-order valence-electron chi connectivity index (χ2n) is 10.3. The highest BCUT2D eigenvalue weighted by Crippen LogP contribution is 2.42. The predicted octanol–water partition coefficient (Wildman–Crippen LogP) is 5.82. The molecule has 0 N–H and O–H groups in total. The molecule has 8 nitrogen and oxygen atoms in total. The second-order valence-corrected chi connectivity index (χ2v) is 10.3. The first-order valence-corrected chi connectivity index (χ1v) is 11.3. The van der Waals surface area contributed by atoms with Gasteiger partial charge in [0, 0.05) is 11.8 Å². The van der Waals surface area contributed by atoms with E-state index in [-0.39, 0.29) is 6.54 Å². The Labute approximate surface area is 200 Å². The van der Waals surface area contributed by atoms with Crippen molar-refractivity contribution >= 4 is 35.0 Å². The van der Waals surface area contributed by atoms with Crippen LogP contribution in [0.5, 0.6) is 0 Å². The Hall–Kier alpha value is -3.39. The number of nitrogens with zero attached hydrogens (tertiary/aromatic N) is 3. The maximum absolute atomic E-state index is 13.4. The fourth-order valence-electron chi connectivity index (χ4n) is 3.81. The molecule has 0 bridgehead atoms. The van der Waals surface area contributed by atoms with E-state index >= 15 is 0 Å². The normalized spacial score (nSPS) is 15.8. The van der Waals surface area contributed by atoms with Gasteiger partial charge in [-0.2, -0.15) is 0 Å². The van der Waals surface area contributed by atoms with Crippen molar-refractivity contribution < 1.29 is 23.8 Å². The highest BCUT2D eigenvalue weighted by atomic mass is 16.6. The molecule has 0 fully saturated rings. The average Bonchev–Trinajstić information content (AvgIpc) is 3.21. The van der Waals surface area contributed by atoms with Gasteiger partial charge in [0.1, 0.15) is 17.0 Å². The van der Waals surface area contributed by atoms with E-state index in [1.165, 1.54) is 4.90 Å². The topological polar surface area (TPSA) is 81.2 Å². The van der Waals surface area contributed by atoms with E-state index < -0.39 is 23.4 Å². The molecule has 0 saturated carbocycles. The first-order chi connectivity index (χ1) is 15.9. The number of hydrogen-bond acceptors (Lipinski definition) is 6. The van der Waals surface area contributed by atoms with E-state index in [1.54, 1.807) is 17.2 Å². The van der Waals surface area contributed by atoms with Crippen molar-refractivity contribution in [1.29, 1.82) is 0 Å². The van der Waals surface area contributed by atoms with Gasteiger partial charge in [-0.1, -0.05) is 18.2 Å². The highest BCUT2D eigenvalue weighted by Gasteiger charge is 2.36. The van der Waals surface area contributed by atoms with Crippen LogP contribution in [0.1, 0.15) is 52.7 Å². The third-order valence-electron chi connectivity index (χ3n) is 5.18. The van der Waals surface area contributed by atoms with Crippen LogP contribution in [-0.2, 0) is 20.8 Å². The number of anilines is 3. The SMILES string of the molecule is CC(C)(C)OC(=O)N1Cc2cccnc2N(C(=O)OC(C)(C)C)c2ccc(C3=CCOC3)cc21. The number of pyridine rings is 1. The minimum atomic E-state index is -0.713. The molecule has 0 unspecified atom stereocenters. The molecule has 4 rings (SSSR count). The van der Waals surface area contributed by atoms with E-state index in [2.05, 4.69) is 4.98 Å². The monoisotopic (exact) mass is 465 g/mol. The Kier molecular flexibility index (Phi) is 6.12. The molecule has 0 aliphatic carbocycles. The minimum absolute atomic E-state index is 0.184. The summed E-state index contributed by atoms with van der Waals surface area (Å²) in [6, 6.07) is 9.24. The molecule has 8 heteroatoms. The molecular weight excluding hydrogens is 434 g/mol. The zero-order chi connectivity index (χ0) is 24.7. The molecular formula is C26H31N3O5. The van der Waals surface area contributed by atoms with Crippen molar-refractivity contribution in [3.8, 4) is 0 Å². The largest absolute Gasteiger partial charge is 0.443 e. The van der Waals surface area contributed by atoms with Gasteiger partial charge in [0.15, 0.2) is 0 Å². The fourth-order valence-corrected chi connectivity index (χ4v) is 3.81. The van der Waals surface area contributed by atoms with Crippen molar-refractivity contribution in [2.45, 2.75) is 59.3 Å². The van der Waals surface area contributed by atoms with Gasteiger partial charge >= 0.3 is 12.2 Å². The molecule has 1 aromatic carbocycles. The Balaban J connectivity index is 1.90. The smallest absolute Gasteiger partial charge is 0.420 e. The lowest BCUT2D eigenvalue weighted by Crippen LogP contribution is -2.37. The minimum Gasteiger partial charge on any atom is -0.443 e. The van der Waals surface area contributed by atoms with Crippen LogP contribution in [0.25, 0.3) is 5.57 Å². The van der Waals surface area contributed by atoms with E-state index in [9.17, 15) is 9.59 Å². The van der Waals surface area contributed by atoms with Crippen LogP contribution in [0.2, 0.25) is 0 Å². The average molecular weight is 466 g/mol. The van der Waals surface area contributed by atoms with Crippen molar-refractivity contribution in [1.82, 2.24) is 4.98 Å². The summed E-state index contributed by atoms with van der Waals surface area (Å²) >= 11 is 0. The number of hydrogen-bond donors (Lipinski definition) is 0. The molecule has 0 spiro atoms. The predicted molar refractivity (Wildman–Crippen MR) is 130 cm³/mol. The van der Waals surface area contributed by atoms with Crippen molar-refractivity contribution in [3.63, 3.8) is 0 Å². The van der Waals surface area contributed by atoms with Crippen LogP contribution in [0.4, 0.5) is 26.8 Å². The van der Waals surface area contributed by atoms with E-state index in [0.717, 1.165) is 11.1 Å². The molecule has 2 aliphatic rings. The van der Waals surface area contributed by atoms with Crippen LogP contribution in [0.3, 0.4) is 0 Å². The van der Waals surface area contributed by atoms with Gasteiger partial charge in [0.05, 0.1) is 31.1 Å². The van der Waals surface area contributed by atoms with Gasteiger partial charge in [0.2, 0.25) is 0 Å². The zero-order valence-corrected chi connectivity index (χ0v) is 20.5. The number of carbonyl (C=O) groups is 2.